The molecule has 16 heavy (non-hydrogen) atoms. The predicted octanol–water partition coefficient (Wildman–Crippen LogP) is 0.525. The summed E-state index contributed by atoms with van der Waals surface area (Å²) in [6.07, 6.45) is 1.98. The molecule has 0 N–H and O–H groups in total. The molecule has 0 spiro atoms. The molecule has 1 aromatic rings. The zero-order valence-corrected chi connectivity index (χ0v) is 9.90. The topological polar surface area (TPSA) is 69.0 Å². The van der Waals surface area contributed by atoms with Gasteiger partial charge in [0, 0.05) is 13.0 Å². The molecule has 0 saturated carbocycles. The third kappa shape index (κ3) is 2.16. The lowest BCUT2D eigenvalue weighted by Crippen LogP contribution is -2.22. The van der Waals surface area contributed by atoms with E-state index in [1.54, 1.807) is 13.1 Å². The van der Waals surface area contributed by atoms with Crippen LogP contribution in [0.15, 0.2) is 6.07 Å². The van der Waals surface area contributed by atoms with Gasteiger partial charge in [0.15, 0.2) is 6.29 Å². The summed E-state index contributed by atoms with van der Waals surface area (Å²) in [6, 6.07) is 1.75. The first kappa shape index (κ1) is 11.3. The number of carbonyl (C=O) groups excluding carboxylic acids is 1. The molecular formula is C10H14N2O3S. The lowest BCUT2D eigenvalue weighted by molar-refractivity contribution is 0.111. The molecule has 2 heterocycles. The molecule has 1 fully saturated rings. The molecule has 0 radical (unpaired) electrons. The minimum atomic E-state index is -2.84. The van der Waals surface area contributed by atoms with Gasteiger partial charge in [0.2, 0.25) is 0 Å². The number of aryl methyl sites for hydroxylation is 1. The molecule has 0 aromatic carbocycles. The van der Waals surface area contributed by atoms with Gasteiger partial charge in [0.05, 0.1) is 17.2 Å². The minimum absolute atomic E-state index is 0.170. The van der Waals surface area contributed by atoms with Crippen molar-refractivity contribution in [1.29, 1.82) is 0 Å². The molecule has 6 heteroatoms. The van der Waals surface area contributed by atoms with E-state index in [0.29, 0.717) is 18.5 Å². The summed E-state index contributed by atoms with van der Waals surface area (Å²) < 4.78 is 24.1. The molecule has 1 aliphatic heterocycles. The van der Waals surface area contributed by atoms with Gasteiger partial charge in [-0.05, 0) is 18.9 Å². The van der Waals surface area contributed by atoms with Crippen LogP contribution in [0.3, 0.4) is 0 Å². The van der Waals surface area contributed by atoms with Crippen LogP contribution in [-0.4, -0.2) is 36.0 Å². The van der Waals surface area contributed by atoms with Crippen molar-refractivity contribution in [2.24, 2.45) is 7.05 Å². The van der Waals surface area contributed by atoms with E-state index in [1.165, 1.54) is 4.68 Å². The molecule has 1 aromatic heterocycles. The molecule has 1 saturated heterocycles. The van der Waals surface area contributed by atoms with Crippen LogP contribution in [0.25, 0.3) is 0 Å². The standard InChI is InChI=1S/C10H14N2O3S/c1-12-9(7-13)6-10(11-12)8-2-4-16(14,15)5-3-8/h6-8H,2-5H2,1H3. The Kier molecular flexibility index (Phi) is 2.84. The predicted molar refractivity (Wildman–Crippen MR) is 59.2 cm³/mol. The SMILES string of the molecule is Cn1nc(C2CCS(=O)(=O)CC2)cc1C=O. The van der Waals surface area contributed by atoms with Gasteiger partial charge in [-0.1, -0.05) is 0 Å². The Morgan fingerprint density at radius 2 is 2.06 bits per heavy atom. The molecular weight excluding hydrogens is 228 g/mol. The second-order valence-electron chi connectivity index (χ2n) is 4.16. The number of rotatable bonds is 2. The molecule has 0 bridgehead atoms. The van der Waals surface area contributed by atoms with Crippen LogP contribution >= 0.6 is 0 Å². The van der Waals surface area contributed by atoms with Gasteiger partial charge in [0.25, 0.3) is 0 Å². The number of aromatic nitrogens is 2. The van der Waals surface area contributed by atoms with E-state index in [2.05, 4.69) is 5.10 Å². The summed E-state index contributed by atoms with van der Waals surface area (Å²) in [7, 11) is -1.12. The lowest BCUT2D eigenvalue weighted by atomic mass is 9.99. The van der Waals surface area contributed by atoms with Gasteiger partial charge in [-0.25, -0.2) is 8.42 Å². The summed E-state index contributed by atoms with van der Waals surface area (Å²) in [5.74, 6) is 0.624. The van der Waals surface area contributed by atoms with Crippen molar-refractivity contribution in [3.05, 3.63) is 17.5 Å². The van der Waals surface area contributed by atoms with Crippen molar-refractivity contribution in [2.45, 2.75) is 18.8 Å². The smallest absolute Gasteiger partial charge is 0.168 e. The van der Waals surface area contributed by atoms with Crippen LogP contribution < -0.4 is 0 Å². The van der Waals surface area contributed by atoms with Crippen LogP contribution in [0, 0.1) is 0 Å². The summed E-state index contributed by atoms with van der Waals surface area (Å²) in [4.78, 5) is 10.7. The Morgan fingerprint density at radius 1 is 1.44 bits per heavy atom. The summed E-state index contributed by atoms with van der Waals surface area (Å²) in [5, 5.41) is 4.24. The highest BCUT2D eigenvalue weighted by Gasteiger charge is 2.26. The van der Waals surface area contributed by atoms with Crippen molar-refractivity contribution < 1.29 is 13.2 Å². The van der Waals surface area contributed by atoms with Crippen molar-refractivity contribution in [1.82, 2.24) is 9.78 Å². The Hall–Kier alpha value is -1.17. The molecule has 1 aliphatic rings. The first-order valence-electron chi connectivity index (χ1n) is 5.21. The molecule has 0 aliphatic carbocycles. The fourth-order valence-corrected chi connectivity index (χ4v) is 3.49. The van der Waals surface area contributed by atoms with E-state index >= 15 is 0 Å². The van der Waals surface area contributed by atoms with E-state index in [-0.39, 0.29) is 17.4 Å². The number of nitrogens with zero attached hydrogens (tertiary/aromatic N) is 2. The quantitative estimate of drug-likeness (QED) is 0.709. The van der Waals surface area contributed by atoms with Crippen molar-refractivity contribution in [2.75, 3.05) is 11.5 Å². The van der Waals surface area contributed by atoms with Crippen LogP contribution in [0.1, 0.15) is 34.9 Å². The van der Waals surface area contributed by atoms with Gasteiger partial charge in [-0.3, -0.25) is 9.48 Å². The lowest BCUT2D eigenvalue weighted by Gasteiger charge is -2.19. The van der Waals surface area contributed by atoms with Crippen LogP contribution in [0.5, 0.6) is 0 Å². The van der Waals surface area contributed by atoms with Gasteiger partial charge in [-0.15, -0.1) is 0 Å². The normalized spacial score (nSPS) is 20.8. The highest BCUT2D eigenvalue weighted by atomic mass is 32.2. The highest BCUT2D eigenvalue weighted by molar-refractivity contribution is 7.91. The fourth-order valence-electron chi connectivity index (χ4n) is 2.00. The molecule has 88 valence electrons. The number of hydrogen-bond acceptors (Lipinski definition) is 4. The number of carbonyl (C=O) groups is 1. The van der Waals surface area contributed by atoms with Gasteiger partial charge in [0.1, 0.15) is 15.5 Å². The maximum atomic E-state index is 11.3. The average Bonchev–Trinajstić information content (AvgIpc) is 2.59. The zero-order valence-electron chi connectivity index (χ0n) is 9.09. The van der Waals surface area contributed by atoms with Gasteiger partial charge >= 0.3 is 0 Å². The molecule has 5 nitrogen and oxygen atoms in total. The van der Waals surface area contributed by atoms with Crippen molar-refractivity contribution >= 4 is 16.1 Å². The van der Waals surface area contributed by atoms with E-state index in [4.69, 9.17) is 0 Å². The number of hydrogen-bond donors (Lipinski definition) is 0. The fraction of sp³-hybridized carbons (Fsp3) is 0.600. The first-order chi connectivity index (χ1) is 7.52. The van der Waals surface area contributed by atoms with Crippen molar-refractivity contribution in [3.63, 3.8) is 0 Å². The van der Waals surface area contributed by atoms with Gasteiger partial charge in [-0.2, -0.15) is 5.10 Å². The Labute approximate surface area is 94.4 Å². The van der Waals surface area contributed by atoms with Crippen LogP contribution in [0.2, 0.25) is 0 Å². The third-order valence-electron chi connectivity index (χ3n) is 3.03. The van der Waals surface area contributed by atoms with Crippen molar-refractivity contribution in [3.8, 4) is 0 Å². The molecule has 0 atom stereocenters. The number of aldehydes is 1. The van der Waals surface area contributed by atoms with Crippen LogP contribution in [-0.2, 0) is 16.9 Å². The van der Waals surface area contributed by atoms with E-state index in [9.17, 15) is 13.2 Å². The Bertz CT molecular complexity index is 490. The van der Waals surface area contributed by atoms with Crippen LogP contribution in [0.4, 0.5) is 0 Å². The minimum Gasteiger partial charge on any atom is -0.296 e. The largest absolute Gasteiger partial charge is 0.296 e. The highest BCUT2D eigenvalue weighted by Crippen LogP contribution is 2.28. The van der Waals surface area contributed by atoms with Gasteiger partial charge < -0.3 is 0 Å². The average molecular weight is 242 g/mol. The third-order valence-corrected chi connectivity index (χ3v) is 4.74. The molecule has 0 amide bonds. The zero-order chi connectivity index (χ0) is 11.8. The van der Waals surface area contributed by atoms with E-state index in [1.807, 2.05) is 0 Å². The van der Waals surface area contributed by atoms with E-state index in [0.717, 1.165) is 12.0 Å². The second kappa shape index (κ2) is 4.01. The summed E-state index contributed by atoms with van der Waals surface area (Å²) in [6.45, 7) is 0. The number of sulfone groups is 1. The monoisotopic (exact) mass is 242 g/mol. The second-order valence-corrected chi connectivity index (χ2v) is 6.47. The maximum Gasteiger partial charge on any atom is 0.168 e. The first-order valence-corrected chi connectivity index (χ1v) is 7.03. The Morgan fingerprint density at radius 3 is 2.56 bits per heavy atom. The maximum absolute atomic E-state index is 11.3. The molecule has 2 rings (SSSR count). The Balaban J connectivity index is 2.17. The summed E-state index contributed by atoms with van der Waals surface area (Å²) >= 11 is 0. The molecule has 0 unspecified atom stereocenters. The van der Waals surface area contributed by atoms with E-state index < -0.39 is 9.84 Å². The summed E-state index contributed by atoms with van der Waals surface area (Å²) in [5.41, 5.74) is 1.36.